The fourth-order valence-electron chi connectivity index (χ4n) is 1.20. The molecule has 1 heterocycles. The summed E-state index contributed by atoms with van der Waals surface area (Å²) >= 11 is 6.05. The minimum atomic E-state index is 1.09. The standard InChI is InChI=1S/C9H8S2/c1-6-3-2-4-7-5-8(10)11-9(6)7/h2-5,10H,1H3. The van der Waals surface area contributed by atoms with Gasteiger partial charge < -0.3 is 0 Å². The second-order valence-electron chi connectivity index (χ2n) is 2.58. The van der Waals surface area contributed by atoms with Crippen LogP contribution in [0, 0.1) is 6.92 Å². The maximum atomic E-state index is 4.31. The van der Waals surface area contributed by atoms with Gasteiger partial charge in [0, 0.05) is 4.70 Å². The summed E-state index contributed by atoms with van der Waals surface area (Å²) in [6.45, 7) is 2.13. The Labute approximate surface area is 75.3 Å². The molecule has 0 bridgehead atoms. The van der Waals surface area contributed by atoms with Crippen molar-refractivity contribution in [2.24, 2.45) is 0 Å². The van der Waals surface area contributed by atoms with Gasteiger partial charge in [0.2, 0.25) is 0 Å². The highest BCUT2D eigenvalue weighted by atomic mass is 32.2. The summed E-state index contributed by atoms with van der Waals surface area (Å²) in [5.41, 5.74) is 1.34. The van der Waals surface area contributed by atoms with Gasteiger partial charge in [-0.05, 0) is 23.9 Å². The number of thiol groups is 1. The molecule has 1 aromatic carbocycles. The van der Waals surface area contributed by atoms with Crippen LogP contribution in [0.4, 0.5) is 0 Å². The number of rotatable bonds is 0. The summed E-state index contributed by atoms with van der Waals surface area (Å²) in [7, 11) is 0. The number of aryl methyl sites for hydroxylation is 1. The van der Waals surface area contributed by atoms with Crippen molar-refractivity contribution in [2.45, 2.75) is 11.1 Å². The third-order valence-corrected chi connectivity index (χ3v) is 3.22. The minimum Gasteiger partial charge on any atom is -0.133 e. The molecule has 2 aromatic rings. The largest absolute Gasteiger partial charge is 0.133 e. The van der Waals surface area contributed by atoms with Gasteiger partial charge >= 0.3 is 0 Å². The van der Waals surface area contributed by atoms with Crippen molar-refractivity contribution in [1.29, 1.82) is 0 Å². The third kappa shape index (κ3) is 1.17. The summed E-state index contributed by atoms with van der Waals surface area (Å²) in [5, 5.41) is 1.31. The maximum Gasteiger partial charge on any atom is 0.0580 e. The monoisotopic (exact) mass is 180 g/mol. The van der Waals surface area contributed by atoms with E-state index < -0.39 is 0 Å². The minimum absolute atomic E-state index is 1.09. The quantitative estimate of drug-likeness (QED) is 0.589. The number of benzene rings is 1. The summed E-state index contributed by atoms with van der Waals surface area (Å²) < 4.78 is 2.45. The molecule has 1 aromatic heterocycles. The first-order valence-corrected chi connectivity index (χ1v) is 4.72. The van der Waals surface area contributed by atoms with Crippen LogP contribution in [0.5, 0.6) is 0 Å². The fourth-order valence-corrected chi connectivity index (χ4v) is 2.48. The lowest BCUT2D eigenvalue weighted by Crippen LogP contribution is -1.67. The first-order valence-electron chi connectivity index (χ1n) is 3.45. The van der Waals surface area contributed by atoms with Crippen LogP contribution in [-0.4, -0.2) is 0 Å². The van der Waals surface area contributed by atoms with Crippen molar-refractivity contribution in [3.05, 3.63) is 29.8 Å². The second kappa shape index (κ2) is 2.54. The fraction of sp³-hybridized carbons (Fsp3) is 0.111. The zero-order valence-corrected chi connectivity index (χ0v) is 7.88. The molecule has 0 saturated carbocycles. The second-order valence-corrected chi connectivity index (χ2v) is 4.41. The summed E-state index contributed by atoms with van der Waals surface area (Å²) in [4.78, 5) is 0. The lowest BCUT2D eigenvalue weighted by atomic mass is 10.2. The van der Waals surface area contributed by atoms with Crippen molar-refractivity contribution in [3.8, 4) is 0 Å². The predicted molar refractivity (Wildman–Crippen MR) is 53.8 cm³/mol. The zero-order valence-electron chi connectivity index (χ0n) is 6.16. The van der Waals surface area contributed by atoms with Crippen LogP contribution < -0.4 is 0 Å². The van der Waals surface area contributed by atoms with Crippen LogP contribution >= 0.6 is 24.0 Å². The highest BCUT2D eigenvalue weighted by Gasteiger charge is 1.99. The van der Waals surface area contributed by atoms with E-state index in [2.05, 4.69) is 43.8 Å². The van der Waals surface area contributed by atoms with Crippen LogP contribution in [0.3, 0.4) is 0 Å². The molecule has 0 unspecified atom stereocenters. The zero-order chi connectivity index (χ0) is 7.84. The molecule has 0 atom stereocenters. The molecule has 0 aliphatic carbocycles. The van der Waals surface area contributed by atoms with Crippen molar-refractivity contribution in [2.75, 3.05) is 0 Å². The first kappa shape index (κ1) is 7.19. The number of hydrogen-bond donors (Lipinski definition) is 1. The number of hydrogen-bond acceptors (Lipinski definition) is 2. The topological polar surface area (TPSA) is 0 Å². The van der Waals surface area contributed by atoms with Gasteiger partial charge in [-0.2, -0.15) is 0 Å². The Bertz CT molecular complexity index is 387. The van der Waals surface area contributed by atoms with Crippen LogP contribution in [0.25, 0.3) is 10.1 Å². The normalized spacial score (nSPS) is 10.7. The molecule has 11 heavy (non-hydrogen) atoms. The Morgan fingerprint density at radius 1 is 1.36 bits per heavy atom. The average molecular weight is 180 g/mol. The Hall–Kier alpha value is -0.470. The van der Waals surface area contributed by atoms with Gasteiger partial charge in [-0.15, -0.1) is 24.0 Å². The smallest absolute Gasteiger partial charge is 0.0580 e. The van der Waals surface area contributed by atoms with Gasteiger partial charge in [0.05, 0.1) is 4.21 Å². The molecule has 0 aliphatic rings. The highest BCUT2D eigenvalue weighted by molar-refractivity contribution is 7.83. The molecule has 0 aliphatic heterocycles. The molecule has 0 fully saturated rings. The molecular formula is C9H8S2. The Morgan fingerprint density at radius 2 is 2.18 bits per heavy atom. The number of fused-ring (bicyclic) bond motifs is 1. The van der Waals surface area contributed by atoms with Crippen molar-refractivity contribution >= 4 is 34.1 Å². The van der Waals surface area contributed by atoms with Gasteiger partial charge in [-0.25, -0.2) is 0 Å². The van der Waals surface area contributed by atoms with Gasteiger partial charge in [0.1, 0.15) is 0 Å². The SMILES string of the molecule is Cc1cccc2cc(S)sc12. The van der Waals surface area contributed by atoms with Gasteiger partial charge in [0.25, 0.3) is 0 Å². The lowest BCUT2D eigenvalue weighted by Gasteiger charge is -1.91. The molecule has 2 heteroatoms. The Balaban J connectivity index is 2.90. The van der Waals surface area contributed by atoms with Gasteiger partial charge in [-0.1, -0.05) is 18.2 Å². The summed E-state index contributed by atoms with van der Waals surface area (Å²) in [5.74, 6) is 0. The Kier molecular flexibility index (Phi) is 1.66. The number of thiophene rings is 1. The molecule has 0 amide bonds. The van der Waals surface area contributed by atoms with Crippen molar-refractivity contribution in [3.63, 3.8) is 0 Å². The Morgan fingerprint density at radius 3 is 2.91 bits per heavy atom. The average Bonchev–Trinajstić information content (AvgIpc) is 2.31. The summed E-state index contributed by atoms with van der Waals surface area (Å²) in [6.07, 6.45) is 0. The van der Waals surface area contributed by atoms with E-state index in [1.165, 1.54) is 15.6 Å². The van der Waals surface area contributed by atoms with E-state index in [0.717, 1.165) is 4.21 Å². The molecule has 0 nitrogen and oxygen atoms in total. The molecule has 0 saturated heterocycles. The van der Waals surface area contributed by atoms with E-state index in [1.54, 1.807) is 11.3 Å². The van der Waals surface area contributed by atoms with Crippen LogP contribution in [0.1, 0.15) is 5.56 Å². The van der Waals surface area contributed by atoms with E-state index in [-0.39, 0.29) is 0 Å². The predicted octanol–water partition coefficient (Wildman–Crippen LogP) is 3.50. The van der Waals surface area contributed by atoms with Gasteiger partial charge in [0.15, 0.2) is 0 Å². The van der Waals surface area contributed by atoms with E-state index in [1.807, 2.05) is 0 Å². The van der Waals surface area contributed by atoms with E-state index in [9.17, 15) is 0 Å². The molecular weight excluding hydrogens is 172 g/mol. The van der Waals surface area contributed by atoms with Crippen molar-refractivity contribution in [1.82, 2.24) is 0 Å². The molecule has 0 spiro atoms. The molecule has 0 N–H and O–H groups in total. The first-order chi connectivity index (χ1) is 5.27. The van der Waals surface area contributed by atoms with E-state index in [0.29, 0.717) is 0 Å². The maximum absolute atomic E-state index is 4.31. The third-order valence-electron chi connectivity index (χ3n) is 1.73. The van der Waals surface area contributed by atoms with E-state index in [4.69, 9.17) is 0 Å². The van der Waals surface area contributed by atoms with Crippen LogP contribution in [0.2, 0.25) is 0 Å². The van der Waals surface area contributed by atoms with Crippen molar-refractivity contribution < 1.29 is 0 Å². The molecule has 2 rings (SSSR count). The van der Waals surface area contributed by atoms with Gasteiger partial charge in [-0.3, -0.25) is 0 Å². The van der Waals surface area contributed by atoms with E-state index >= 15 is 0 Å². The molecule has 56 valence electrons. The summed E-state index contributed by atoms with van der Waals surface area (Å²) in [6, 6.07) is 8.44. The lowest BCUT2D eigenvalue weighted by molar-refractivity contribution is 1.56. The highest BCUT2D eigenvalue weighted by Crippen LogP contribution is 2.30. The van der Waals surface area contributed by atoms with Crippen LogP contribution in [0.15, 0.2) is 28.5 Å². The molecule has 0 radical (unpaired) electrons. The van der Waals surface area contributed by atoms with Crippen LogP contribution in [-0.2, 0) is 0 Å².